The van der Waals surface area contributed by atoms with Crippen molar-refractivity contribution in [2.45, 2.75) is 42.9 Å². The Kier molecular flexibility index (Phi) is 6.55. The van der Waals surface area contributed by atoms with E-state index in [0.29, 0.717) is 40.9 Å². The van der Waals surface area contributed by atoms with Crippen molar-refractivity contribution in [2.75, 3.05) is 19.1 Å². The second-order valence-corrected chi connectivity index (χ2v) is 9.17. The molecule has 164 valence electrons. The van der Waals surface area contributed by atoms with Crippen molar-refractivity contribution in [3.05, 3.63) is 22.0 Å². The second-order valence-electron chi connectivity index (χ2n) is 7.00. The van der Waals surface area contributed by atoms with Gasteiger partial charge in [0, 0.05) is 21.1 Å². The van der Waals surface area contributed by atoms with Crippen LogP contribution in [0.5, 0.6) is 11.5 Å². The van der Waals surface area contributed by atoms with Crippen molar-refractivity contribution in [2.24, 2.45) is 0 Å². The van der Waals surface area contributed by atoms with Crippen molar-refractivity contribution in [3.63, 3.8) is 0 Å². The summed E-state index contributed by atoms with van der Waals surface area (Å²) in [5.41, 5.74) is 7.20. The zero-order valence-electron chi connectivity index (χ0n) is 16.9. The summed E-state index contributed by atoms with van der Waals surface area (Å²) in [6.07, 6.45) is 1.58. The average molecular weight is 556 g/mol. The number of anilines is 1. The number of halogens is 1. The number of nitrogen functional groups attached to an aromatic ring is 1. The van der Waals surface area contributed by atoms with Gasteiger partial charge in [-0.25, -0.2) is 19.7 Å². The molecule has 1 amide bonds. The van der Waals surface area contributed by atoms with E-state index in [1.807, 2.05) is 30.5 Å². The van der Waals surface area contributed by atoms with Gasteiger partial charge in [0.1, 0.15) is 6.33 Å². The molecule has 4 rings (SSSR count). The van der Waals surface area contributed by atoms with Gasteiger partial charge in [0.05, 0.1) is 6.61 Å². The van der Waals surface area contributed by atoms with Gasteiger partial charge < -0.3 is 29.8 Å². The lowest BCUT2D eigenvalue weighted by atomic mass is 10.3. The Morgan fingerprint density at radius 2 is 2.13 bits per heavy atom. The summed E-state index contributed by atoms with van der Waals surface area (Å²) in [7, 11) is 0. The fraction of sp³-hybridized carbons (Fsp3) is 0.368. The van der Waals surface area contributed by atoms with Crippen LogP contribution < -0.4 is 20.5 Å². The molecular formula is C19H21IN6O4S. The topological polar surface area (TPSA) is 126 Å². The Bertz CT molecular complexity index is 1120. The number of carbonyl (C=O) groups excluding carboxylic acids is 1. The molecule has 0 atom stereocenters. The number of aryl methyl sites for hydroxylation is 1. The number of benzene rings is 1. The van der Waals surface area contributed by atoms with E-state index in [2.05, 4.69) is 42.9 Å². The summed E-state index contributed by atoms with van der Waals surface area (Å²) >= 11 is 3.74. The van der Waals surface area contributed by atoms with Gasteiger partial charge in [-0.3, -0.25) is 0 Å². The second kappa shape index (κ2) is 9.34. The Labute approximate surface area is 196 Å². The molecule has 0 radical (unpaired) electrons. The molecular weight excluding hydrogens is 535 g/mol. The number of nitrogens with two attached hydrogens (primary N) is 1. The SMILES string of the molecule is CC(C)NC(=O)OCCCn1c(Sc2cc3c(cc2I)OCO3)nc2c(N)ncnc21. The monoisotopic (exact) mass is 556 g/mol. The fourth-order valence-corrected chi connectivity index (χ4v) is 4.67. The van der Waals surface area contributed by atoms with Gasteiger partial charge in [0.2, 0.25) is 6.79 Å². The van der Waals surface area contributed by atoms with Gasteiger partial charge in [-0.1, -0.05) is 11.8 Å². The lowest BCUT2D eigenvalue weighted by Gasteiger charge is -2.11. The Hall–Kier alpha value is -2.48. The molecule has 12 heteroatoms. The zero-order chi connectivity index (χ0) is 22.0. The summed E-state index contributed by atoms with van der Waals surface area (Å²) in [6, 6.07) is 3.90. The van der Waals surface area contributed by atoms with E-state index in [0.717, 1.165) is 14.2 Å². The van der Waals surface area contributed by atoms with E-state index in [-0.39, 0.29) is 19.4 Å². The number of nitrogens with zero attached hydrogens (tertiary/aromatic N) is 4. The Morgan fingerprint density at radius 1 is 1.35 bits per heavy atom. The number of imidazole rings is 1. The van der Waals surface area contributed by atoms with Crippen LogP contribution in [0.15, 0.2) is 28.5 Å². The minimum atomic E-state index is -0.429. The predicted molar refractivity (Wildman–Crippen MR) is 123 cm³/mol. The van der Waals surface area contributed by atoms with Crippen LogP contribution in [-0.2, 0) is 11.3 Å². The van der Waals surface area contributed by atoms with Gasteiger partial charge in [0.25, 0.3) is 0 Å². The van der Waals surface area contributed by atoms with Gasteiger partial charge in [-0.05, 0) is 55.0 Å². The van der Waals surface area contributed by atoms with Crippen LogP contribution >= 0.6 is 34.4 Å². The van der Waals surface area contributed by atoms with Crippen molar-refractivity contribution in [1.29, 1.82) is 0 Å². The minimum Gasteiger partial charge on any atom is -0.454 e. The highest BCUT2D eigenvalue weighted by molar-refractivity contribution is 14.1. The molecule has 0 saturated carbocycles. The molecule has 1 aliphatic rings. The summed E-state index contributed by atoms with van der Waals surface area (Å²) in [5.74, 6) is 1.75. The third-order valence-corrected chi connectivity index (χ3v) is 6.63. The fourth-order valence-electron chi connectivity index (χ4n) is 2.95. The van der Waals surface area contributed by atoms with Crippen LogP contribution in [0.4, 0.5) is 10.6 Å². The van der Waals surface area contributed by atoms with Crippen LogP contribution in [0, 0.1) is 3.57 Å². The number of hydrogen-bond donors (Lipinski definition) is 2. The van der Waals surface area contributed by atoms with Crippen molar-refractivity contribution < 1.29 is 19.0 Å². The number of alkyl carbamates (subject to hydrolysis) is 1. The molecule has 2 aromatic heterocycles. The number of ether oxygens (including phenoxy) is 3. The normalized spacial score (nSPS) is 12.5. The minimum absolute atomic E-state index is 0.0249. The number of carbonyl (C=O) groups is 1. The maximum absolute atomic E-state index is 11.7. The van der Waals surface area contributed by atoms with E-state index >= 15 is 0 Å². The Balaban J connectivity index is 1.56. The first-order valence-corrected chi connectivity index (χ1v) is 11.5. The van der Waals surface area contributed by atoms with E-state index in [9.17, 15) is 4.79 Å². The van der Waals surface area contributed by atoms with E-state index in [1.165, 1.54) is 18.1 Å². The summed E-state index contributed by atoms with van der Waals surface area (Å²) in [4.78, 5) is 25.8. The largest absolute Gasteiger partial charge is 0.454 e. The van der Waals surface area contributed by atoms with Crippen LogP contribution in [0.25, 0.3) is 11.2 Å². The zero-order valence-corrected chi connectivity index (χ0v) is 19.9. The maximum atomic E-state index is 11.7. The van der Waals surface area contributed by atoms with Crippen molar-refractivity contribution >= 4 is 57.4 Å². The number of fused-ring (bicyclic) bond motifs is 2. The lowest BCUT2D eigenvalue weighted by molar-refractivity contribution is 0.140. The molecule has 10 nitrogen and oxygen atoms in total. The number of rotatable bonds is 7. The summed E-state index contributed by atoms with van der Waals surface area (Å²) in [6.45, 7) is 4.79. The van der Waals surface area contributed by atoms with Crippen molar-refractivity contribution in [1.82, 2.24) is 24.8 Å². The average Bonchev–Trinajstić information content (AvgIpc) is 3.30. The molecule has 3 aromatic rings. The molecule has 3 N–H and O–H groups in total. The summed E-state index contributed by atoms with van der Waals surface area (Å²) < 4.78 is 19.2. The smallest absolute Gasteiger partial charge is 0.407 e. The lowest BCUT2D eigenvalue weighted by Crippen LogP contribution is -2.31. The molecule has 0 aliphatic carbocycles. The van der Waals surface area contributed by atoms with E-state index < -0.39 is 6.09 Å². The number of hydrogen-bond acceptors (Lipinski definition) is 9. The number of amides is 1. The number of aromatic nitrogens is 4. The van der Waals surface area contributed by atoms with E-state index in [4.69, 9.17) is 19.9 Å². The highest BCUT2D eigenvalue weighted by Crippen LogP contribution is 2.41. The first-order valence-electron chi connectivity index (χ1n) is 9.59. The predicted octanol–water partition coefficient (Wildman–Crippen LogP) is 3.42. The van der Waals surface area contributed by atoms with Crippen molar-refractivity contribution in [3.8, 4) is 11.5 Å². The molecule has 3 heterocycles. The van der Waals surface area contributed by atoms with Crippen LogP contribution in [0.3, 0.4) is 0 Å². The highest BCUT2D eigenvalue weighted by Gasteiger charge is 2.20. The number of nitrogens with one attached hydrogen (secondary N) is 1. The first-order chi connectivity index (χ1) is 14.9. The third kappa shape index (κ3) is 4.89. The third-order valence-electron chi connectivity index (χ3n) is 4.32. The van der Waals surface area contributed by atoms with E-state index in [1.54, 1.807) is 0 Å². The quantitative estimate of drug-likeness (QED) is 0.333. The molecule has 0 unspecified atom stereocenters. The van der Waals surface area contributed by atoms with Crippen LogP contribution in [0.1, 0.15) is 20.3 Å². The Morgan fingerprint density at radius 3 is 2.90 bits per heavy atom. The standard InChI is InChI=1S/C19H21IN6O4S/c1-10(2)24-19(27)28-5-3-4-26-17-15(16(21)22-8-23-17)25-18(26)31-14-7-13-12(6-11(14)20)29-9-30-13/h6-8,10H,3-5,9H2,1-2H3,(H,24,27)(H2,21,22,23). The molecule has 1 aliphatic heterocycles. The molecule has 0 saturated heterocycles. The molecule has 0 bridgehead atoms. The summed E-state index contributed by atoms with van der Waals surface area (Å²) in [5, 5.41) is 3.41. The van der Waals surface area contributed by atoms with Gasteiger partial charge >= 0.3 is 6.09 Å². The van der Waals surface area contributed by atoms with Gasteiger partial charge in [0.15, 0.2) is 33.6 Å². The van der Waals surface area contributed by atoms with Crippen LogP contribution in [0.2, 0.25) is 0 Å². The van der Waals surface area contributed by atoms with Gasteiger partial charge in [-0.15, -0.1) is 0 Å². The molecule has 0 spiro atoms. The van der Waals surface area contributed by atoms with Crippen LogP contribution in [-0.4, -0.2) is 45.1 Å². The first kappa shape index (κ1) is 21.7. The molecule has 1 aromatic carbocycles. The molecule has 31 heavy (non-hydrogen) atoms. The maximum Gasteiger partial charge on any atom is 0.407 e. The molecule has 0 fully saturated rings. The van der Waals surface area contributed by atoms with Gasteiger partial charge in [-0.2, -0.15) is 0 Å². The highest BCUT2D eigenvalue weighted by atomic mass is 127.